The highest BCUT2D eigenvalue weighted by atomic mass is 31.1. The second kappa shape index (κ2) is 20.5. The van der Waals surface area contributed by atoms with E-state index in [9.17, 15) is 0 Å². The highest BCUT2D eigenvalue weighted by molar-refractivity contribution is 7.37. The quantitative estimate of drug-likeness (QED) is 0.0715. The maximum atomic E-state index is 6.00. The van der Waals surface area contributed by atoms with E-state index in [4.69, 9.17) is 4.74 Å². The molecule has 0 aliphatic rings. The summed E-state index contributed by atoms with van der Waals surface area (Å²) in [5.74, 6) is 0.932. The standard InChI is InChI=1S/C38H54NOP/c1-4-5-31-41-32-19-11-9-7-6-8-10-18-24-37(33-20-14-12-15-21-33)38(34-22-16-13-17-23-34)35-25-27-36(28-26-35)40-30-29-39(2)3/h12-17,20-23,25-28,41H,4-11,18-19,24,29-32H2,1-3H3/p+1/b38-37-. The molecule has 0 N–H and O–H groups in total. The number of allylic oxidation sites excluding steroid dienone is 1. The van der Waals surface area contributed by atoms with Crippen LogP contribution in [0, 0.1) is 0 Å². The number of rotatable bonds is 21. The van der Waals surface area contributed by atoms with E-state index in [1.54, 1.807) is 0 Å². The zero-order valence-corrected chi connectivity index (χ0v) is 27.3. The van der Waals surface area contributed by atoms with Crippen molar-refractivity contribution in [2.75, 3.05) is 39.6 Å². The predicted octanol–water partition coefficient (Wildman–Crippen LogP) is 10.3. The van der Waals surface area contributed by atoms with E-state index < -0.39 is 0 Å². The Hall–Kier alpha value is -2.41. The van der Waals surface area contributed by atoms with Crippen molar-refractivity contribution in [1.82, 2.24) is 4.90 Å². The first-order chi connectivity index (χ1) is 20.2. The van der Waals surface area contributed by atoms with E-state index >= 15 is 0 Å². The minimum absolute atomic E-state index is 0.697. The number of likely N-dealkylation sites (N-methyl/N-ethyl adjacent to an activating group) is 1. The van der Waals surface area contributed by atoms with Crippen LogP contribution in [0.2, 0.25) is 0 Å². The Balaban J connectivity index is 1.64. The second-order valence-electron chi connectivity index (χ2n) is 11.6. The number of ether oxygens (including phenoxy) is 1. The first-order valence-electron chi connectivity index (χ1n) is 16.2. The molecule has 0 spiro atoms. The molecule has 0 saturated heterocycles. The summed E-state index contributed by atoms with van der Waals surface area (Å²) < 4.78 is 6.00. The van der Waals surface area contributed by atoms with Crippen molar-refractivity contribution >= 4 is 19.7 Å². The monoisotopic (exact) mass is 572 g/mol. The summed E-state index contributed by atoms with van der Waals surface area (Å²) >= 11 is 0. The van der Waals surface area contributed by atoms with Crippen molar-refractivity contribution in [2.45, 2.75) is 77.6 Å². The van der Waals surface area contributed by atoms with Gasteiger partial charge in [-0.2, -0.15) is 0 Å². The molecule has 3 aromatic rings. The van der Waals surface area contributed by atoms with Crippen LogP contribution in [0.25, 0.3) is 11.1 Å². The fourth-order valence-electron chi connectivity index (χ4n) is 5.38. The molecule has 0 fully saturated rings. The molecule has 0 amide bonds. The Kier molecular flexibility index (Phi) is 16.5. The summed E-state index contributed by atoms with van der Waals surface area (Å²) in [6.07, 6.45) is 17.9. The summed E-state index contributed by atoms with van der Waals surface area (Å²) in [7, 11) is 4.88. The van der Waals surface area contributed by atoms with Gasteiger partial charge in [0.1, 0.15) is 12.4 Å². The van der Waals surface area contributed by atoms with Crippen LogP contribution < -0.4 is 4.74 Å². The van der Waals surface area contributed by atoms with Crippen LogP contribution in [-0.2, 0) is 0 Å². The number of hydrogen-bond acceptors (Lipinski definition) is 2. The minimum atomic E-state index is 0.697. The average Bonchev–Trinajstić information content (AvgIpc) is 3.00. The summed E-state index contributed by atoms with van der Waals surface area (Å²) in [4.78, 5) is 2.15. The van der Waals surface area contributed by atoms with Crippen LogP contribution in [0.1, 0.15) is 94.2 Å². The fraction of sp³-hybridized carbons (Fsp3) is 0.474. The van der Waals surface area contributed by atoms with Crippen LogP contribution in [0.5, 0.6) is 5.75 Å². The van der Waals surface area contributed by atoms with Gasteiger partial charge in [-0.05, 0) is 94.7 Å². The first-order valence-corrected chi connectivity index (χ1v) is 17.9. The van der Waals surface area contributed by atoms with Gasteiger partial charge in [0, 0.05) is 6.54 Å². The maximum Gasteiger partial charge on any atom is 0.119 e. The molecule has 1 atom stereocenters. The van der Waals surface area contributed by atoms with E-state index in [0.29, 0.717) is 6.61 Å². The van der Waals surface area contributed by atoms with Crippen molar-refractivity contribution in [3.63, 3.8) is 0 Å². The average molecular weight is 573 g/mol. The van der Waals surface area contributed by atoms with E-state index in [-0.39, 0.29) is 0 Å². The molecule has 0 bridgehead atoms. The molecule has 0 aliphatic carbocycles. The second-order valence-corrected chi connectivity index (χ2v) is 13.3. The Labute approximate surface area is 253 Å². The molecule has 222 valence electrons. The van der Waals surface area contributed by atoms with Gasteiger partial charge in [0.2, 0.25) is 0 Å². The van der Waals surface area contributed by atoms with Gasteiger partial charge in [-0.3, -0.25) is 0 Å². The third-order valence-corrected chi connectivity index (χ3v) is 9.42. The number of benzene rings is 3. The van der Waals surface area contributed by atoms with E-state index in [0.717, 1.165) is 27.3 Å². The smallest absolute Gasteiger partial charge is 0.119 e. The summed E-state index contributed by atoms with van der Waals surface area (Å²) in [6, 6.07) is 30.7. The molecule has 0 radical (unpaired) electrons. The van der Waals surface area contributed by atoms with Crippen molar-refractivity contribution < 1.29 is 4.74 Å². The molecular formula is C38H55NOP+. The molecular weight excluding hydrogens is 517 g/mol. The Morgan fingerprint density at radius 3 is 1.76 bits per heavy atom. The molecule has 1 unspecified atom stereocenters. The lowest BCUT2D eigenvalue weighted by molar-refractivity contribution is 0.261. The predicted molar refractivity (Wildman–Crippen MR) is 185 cm³/mol. The fourth-order valence-corrected chi connectivity index (χ4v) is 6.94. The summed E-state index contributed by atoms with van der Waals surface area (Å²) in [5, 5.41) is 0. The normalized spacial score (nSPS) is 12.3. The summed E-state index contributed by atoms with van der Waals surface area (Å²) in [5.41, 5.74) is 6.66. The van der Waals surface area contributed by atoms with Crippen molar-refractivity contribution in [2.24, 2.45) is 0 Å². The van der Waals surface area contributed by atoms with Gasteiger partial charge in [0.25, 0.3) is 0 Å². The topological polar surface area (TPSA) is 12.5 Å². The molecule has 2 nitrogen and oxygen atoms in total. The Morgan fingerprint density at radius 1 is 0.610 bits per heavy atom. The Bertz CT molecular complexity index is 1090. The van der Waals surface area contributed by atoms with Crippen molar-refractivity contribution in [3.8, 4) is 5.75 Å². The minimum Gasteiger partial charge on any atom is -0.492 e. The molecule has 3 aromatic carbocycles. The third-order valence-electron chi connectivity index (χ3n) is 7.78. The number of nitrogens with zero attached hydrogens (tertiary/aromatic N) is 1. The molecule has 3 heteroatoms. The SMILES string of the molecule is CCCC[PH2+]CCCCCCCCCC/C(=C(\c1ccccc1)c1ccc(OCCN(C)C)cc1)c1ccccc1. The Morgan fingerprint density at radius 2 is 1.15 bits per heavy atom. The molecule has 0 saturated carbocycles. The lowest BCUT2D eigenvalue weighted by atomic mass is 9.86. The molecule has 0 aliphatic heterocycles. The number of hydrogen-bond donors (Lipinski definition) is 0. The first kappa shape index (κ1) is 33.1. The van der Waals surface area contributed by atoms with Crippen LogP contribution in [0.4, 0.5) is 0 Å². The van der Waals surface area contributed by atoms with Crippen LogP contribution in [-0.4, -0.2) is 44.5 Å². The maximum absolute atomic E-state index is 6.00. The van der Waals surface area contributed by atoms with E-state index in [2.05, 4.69) is 111 Å². The van der Waals surface area contributed by atoms with Crippen LogP contribution in [0.15, 0.2) is 84.9 Å². The highest BCUT2D eigenvalue weighted by Gasteiger charge is 2.14. The van der Waals surface area contributed by atoms with Crippen molar-refractivity contribution in [1.29, 1.82) is 0 Å². The molecule has 0 heterocycles. The lowest BCUT2D eigenvalue weighted by Gasteiger charge is -2.18. The zero-order chi connectivity index (χ0) is 29.0. The van der Waals surface area contributed by atoms with Crippen LogP contribution in [0.3, 0.4) is 0 Å². The van der Waals surface area contributed by atoms with Gasteiger partial charge in [-0.1, -0.05) is 118 Å². The highest BCUT2D eigenvalue weighted by Crippen LogP contribution is 2.36. The van der Waals surface area contributed by atoms with Gasteiger partial charge < -0.3 is 9.64 Å². The van der Waals surface area contributed by atoms with Gasteiger partial charge >= 0.3 is 0 Å². The van der Waals surface area contributed by atoms with Gasteiger partial charge in [-0.15, -0.1) is 0 Å². The lowest BCUT2D eigenvalue weighted by Crippen LogP contribution is -2.19. The largest absolute Gasteiger partial charge is 0.492 e. The van der Waals surface area contributed by atoms with E-state index in [1.165, 1.54) is 104 Å². The molecule has 0 aromatic heterocycles. The van der Waals surface area contributed by atoms with E-state index in [1.807, 2.05) is 0 Å². The molecule has 3 rings (SSSR count). The van der Waals surface area contributed by atoms with Gasteiger partial charge in [0.15, 0.2) is 0 Å². The van der Waals surface area contributed by atoms with Crippen LogP contribution >= 0.6 is 8.58 Å². The zero-order valence-electron chi connectivity index (χ0n) is 26.1. The van der Waals surface area contributed by atoms with Crippen molar-refractivity contribution in [3.05, 3.63) is 102 Å². The van der Waals surface area contributed by atoms with Gasteiger partial charge in [0.05, 0.1) is 12.3 Å². The summed E-state index contributed by atoms with van der Waals surface area (Å²) in [6.45, 7) is 3.92. The third kappa shape index (κ3) is 13.0. The molecule has 41 heavy (non-hydrogen) atoms. The van der Waals surface area contributed by atoms with Gasteiger partial charge in [-0.25, -0.2) is 0 Å². The number of unbranched alkanes of at least 4 members (excludes halogenated alkanes) is 8.